The zero-order chi connectivity index (χ0) is 21.2. The maximum Gasteiger partial charge on any atom is 0.302 e. The lowest BCUT2D eigenvalue weighted by molar-refractivity contribution is -0.393. The topological polar surface area (TPSA) is 197 Å². The molecule has 0 unspecified atom stereocenters. The second-order valence-electron chi connectivity index (χ2n) is 4.92. The molecule has 0 aromatic heterocycles. The van der Waals surface area contributed by atoms with E-state index in [1.807, 2.05) is 0 Å². The molecule has 0 atom stereocenters. The highest BCUT2D eigenvalue weighted by Crippen LogP contribution is 2.40. The maximum absolute atomic E-state index is 11.2. The quantitative estimate of drug-likeness (QED) is 0.474. The number of nitrogens with one attached hydrogen (secondary N) is 2. The molecule has 16 heteroatoms. The number of nitro groups is 4. The molecule has 28 heavy (non-hydrogen) atoms. The van der Waals surface area contributed by atoms with Gasteiger partial charge in [-0.25, -0.2) is 0 Å². The number of benzene rings is 2. The molecule has 14 nitrogen and oxygen atoms in total. The number of hydrogen-bond acceptors (Lipinski definition) is 10. The summed E-state index contributed by atoms with van der Waals surface area (Å²) in [4.78, 5) is 40.5. The van der Waals surface area contributed by atoms with Crippen LogP contribution in [0.1, 0.15) is 0 Å². The smallest absolute Gasteiger partial charge is 0.293 e. The Morgan fingerprint density at radius 2 is 1.07 bits per heavy atom. The van der Waals surface area contributed by atoms with Gasteiger partial charge in [0, 0.05) is 18.2 Å². The Balaban J connectivity index is 2.55. The van der Waals surface area contributed by atoms with Crippen LogP contribution < -0.4 is 10.9 Å². The lowest BCUT2D eigenvalue weighted by Crippen LogP contribution is -2.14. The van der Waals surface area contributed by atoms with E-state index in [1.54, 1.807) is 0 Å². The van der Waals surface area contributed by atoms with Crippen LogP contribution in [0.15, 0.2) is 24.3 Å². The van der Waals surface area contributed by atoms with Gasteiger partial charge in [0.05, 0.1) is 35.8 Å². The van der Waals surface area contributed by atoms with Crippen LogP contribution in [-0.2, 0) is 0 Å². The molecule has 2 rings (SSSR count). The van der Waals surface area contributed by atoms with Crippen molar-refractivity contribution in [1.29, 1.82) is 0 Å². The van der Waals surface area contributed by atoms with Gasteiger partial charge in [-0.1, -0.05) is 23.2 Å². The third kappa shape index (κ3) is 4.13. The maximum atomic E-state index is 11.2. The van der Waals surface area contributed by atoms with Crippen molar-refractivity contribution in [2.75, 3.05) is 10.9 Å². The van der Waals surface area contributed by atoms with Crippen LogP contribution in [0.3, 0.4) is 0 Å². The minimum absolute atomic E-state index is 0.289. The van der Waals surface area contributed by atoms with Gasteiger partial charge in [0.25, 0.3) is 5.69 Å². The molecule has 0 aliphatic carbocycles. The predicted octanol–water partition coefficient (Wildman–Crippen LogP) is 4.07. The molecule has 0 bridgehead atoms. The molecule has 2 aromatic rings. The Morgan fingerprint density at radius 1 is 0.643 bits per heavy atom. The zero-order valence-corrected chi connectivity index (χ0v) is 14.6. The van der Waals surface area contributed by atoms with Crippen molar-refractivity contribution < 1.29 is 19.7 Å². The number of nitrogens with zero attached hydrogens (tertiary/aromatic N) is 4. The molecule has 0 radical (unpaired) electrons. The Labute approximate surface area is 163 Å². The van der Waals surface area contributed by atoms with Crippen molar-refractivity contribution in [2.24, 2.45) is 0 Å². The molecule has 2 aromatic carbocycles. The second kappa shape index (κ2) is 7.85. The highest BCUT2D eigenvalue weighted by atomic mass is 35.5. The highest BCUT2D eigenvalue weighted by molar-refractivity contribution is 6.34. The van der Waals surface area contributed by atoms with E-state index in [9.17, 15) is 40.5 Å². The molecule has 0 fully saturated rings. The summed E-state index contributed by atoms with van der Waals surface area (Å²) in [5.41, 5.74) is -0.00277. The number of non-ortho nitro benzene ring substituents is 1. The van der Waals surface area contributed by atoms with Gasteiger partial charge >= 0.3 is 17.1 Å². The molecular weight excluding hydrogens is 427 g/mol. The van der Waals surface area contributed by atoms with Crippen LogP contribution >= 0.6 is 23.2 Å². The first-order chi connectivity index (χ1) is 13.0. The third-order valence-electron chi connectivity index (χ3n) is 3.23. The summed E-state index contributed by atoms with van der Waals surface area (Å²) in [5.74, 6) is 0. The number of nitro benzene ring substituents is 4. The fourth-order valence-corrected chi connectivity index (χ4v) is 2.53. The fourth-order valence-electron chi connectivity index (χ4n) is 2.07. The van der Waals surface area contributed by atoms with Gasteiger partial charge < -0.3 is 0 Å². The summed E-state index contributed by atoms with van der Waals surface area (Å²) < 4.78 is 0. The van der Waals surface area contributed by atoms with Crippen LogP contribution in [0, 0.1) is 40.5 Å². The molecule has 0 spiro atoms. The molecular formula is C12H6Cl2N6O8. The minimum atomic E-state index is -0.992. The van der Waals surface area contributed by atoms with Crippen LogP contribution in [-0.4, -0.2) is 19.7 Å². The summed E-state index contributed by atoms with van der Waals surface area (Å²) >= 11 is 11.5. The van der Waals surface area contributed by atoms with E-state index in [4.69, 9.17) is 23.2 Å². The molecule has 2 N–H and O–H groups in total. The first-order valence-corrected chi connectivity index (χ1v) is 7.55. The SMILES string of the molecule is O=[N+]([O-])c1cc(Cl)c(NNc2c([N+](=O)[O-])cc(Cl)cc2[N+](=O)[O-])c([N+](=O)[O-])c1. The van der Waals surface area contributed by atoms with Crippen molar-refractivity contribution in [3.8, 4) is 0 Å². The van der Waals surface area contributed by atoms with E-state index in [-0.39, 0.29) is 5.02 Å². The molecule has 0 heterocycles. The van der Waals surface area contributed by atoms with E-state index in [0.717, 1.165) is 18.2 Å². The third-order valence-corrected chi connectivity index (χ3v) is 3.75. The molecule has 0 amide bonds. The van der Waals surface area contributed by atoms with Crippen molar-refractivity contribution in [1.82, 2.24) is 0 Å². The largest absolute Gasteiger partial charge is 0.302 e. The van der Waals surface area contributed by atoms with Crippen molar-refractivity contribution >= 4 is 57.3 Å². The van der Waals surface area contributed by atoms with Gasteiger partial charge in [-0.05, 0) is 0 Å². The number of anilines is 2. The predicted molar refractivity (Wildman–Crippen MR) is 96.8 cm³/mol. The van der Waals surface area contributed by atoms with Crippen LogP contribution in [0.2, 0.25) is 10.0 Å². The second-order valence-corrected chi connectivity index (χ2v) is 5.76. The average Bonchev–Trinajstić information content (AvgIpc) is 2.59. The Kier molecular flexibility index (Phi) is 5.75. The van der Waals surface area contributed by atoms with Crippen LogP contribution in [0.25, 0.3) is 0 Å². The summed E-state index contributed by atoms with van der Waals surface area (Å²) in [6, 6.07) is 3.04. The Hall–Kier alpha value is -3.78. The Bertz CT molecular complexity index is 994. The fraction of sp³-hybridized carbons (Fsp3) is 0. The van der Waals surface area contributed by atoms with Crippen LogP contribution in [0.5, 0.6) is 0 Å². The zero-order valence-electron chi connectivity index (χ0n) is 13.1. The highest BCUT2D eigenvalue weighted by Gasteiger charge is 2.29. The van der Waals surface area contributed by atoms with E-state index in [2.05, 4.69) is 10.9 Å². The van der Waals surface area contributed by atoms with Gasteiger partial charge in [0.2, 0.25) is 5.69 Å². The molecule has 146 valence electrons. The van der Waals surface area contributed by atoms with Gasteiger partial charge in [0.1, 0.15) is 0 Å². The Morgan fingerprint density at radius 3 is 1.50 bits per heavy atom. The lowest BCUT2D eigenvalue weighted by atomic mass is 10.2. The number of hydrogen-bond donors (Lipinski definition) is 2. The van der Waals surface area contributed by atoms with E-state index >= 15 is 0 Å². The van der Waals surface area contributed by atoms with E-state index < -0.39 is 58.8 Å². The number of hydrazine groups is 1. The van der Waals surface area contributed by atoms with Crippen molar-refractivity contribution in [3.05, 3.63) is 74.8 Å². The van der Waals surface area contributed by atoms with Crippen molar-refractivity contribution in [2.45, 2.75) is 0 Å². The minimum Gasteiger partial charge on any atom is -0.293 e. The normalized spacial score (nSPS) is 10.2. The lowest BCUT2D eigenvalue weighted by Gasteiger charge is -2.12. The molecule has 0 saturated carbocycles. The van der Waals surface area contributed by atoms with Gasteiger partial charge in [-0.3, -0.25) is 51.3 Å². The van der Waals surface area contributed by atoms with Gasteiger partial charge in [0.15, 0.2) is 5.69 Å². The standard InChI is InChI=1S/C12H6Cl2N6O8/c13-5-1-8(18(23)24)12(9(2-5)19(25)26)16-15-11-7(14)3-6(17(21)22)4-10(11)20(27)28/h1-4,15-16H. The summed E-state index contributed by atoms with van der Waals surface area (Å²) in [6.45, 7) is 0. The summed E-state index contributed by atoms with van der Waals surface area (Å²) in [6.07, 6.45) is 0. The number of rotatable bonds is 7. The average molecular weight is 433 g/mol. The first kappa shape index (κ1) is 20.5. The number of halogens is 2. The monoisotopic (exact) mass is 432 g/mol. The summed E-state index contributed by atoms with van der Waals surface area (Å²) in [5, 5.41) is 43.6. The molecule has 0 aliphatic heterocycles. The van der Waals surface area contributed by atoms with Gasteiger partial charge in [-0.2, -0.15) is 0 Å². The van der Waals surface area contributed by atoms with Gasteiger partial charge in [-0.15, -0.1) is 0 Å². The van der Waals surface area contributed by atoms with E-state index in [1.165, 1.54) is 0 Å². The first-order valence-electron chi connectivity index (χ1n) is 6.79. The summed E-state index contributed by atoms with van der Waals surface area (Å²) in [7, 11) is 0. The van der Waals surface area contributed by atoms with Crippen molar-refractivity contribution in [3.63, 3.8) is 0 Å². The van der Waals surface area contributed by atoms with E-state index in [0.29, 0.717) is 6.07 Å². The molecule has 0 saturated heterocycles. The molecule has 0 aliphatic rings. The van der Waals surface area contributed by atoms with Crippen LogP contribution in [0.4, 0.5) is 34.1 Å².